The van der Waals surface area contributed by atoms with Crippen molar-refractivity contribution in [1.29, 1.82) is 0 Å². The molecule has 154 valence electrons. The van der Waals surface area contributed by atoms with Crippen molar-refractivity contribution in [3.63, 3.8) is 0 Å². The Kier molecular flexibility index (Phi) is 7.44. The Morgan fingerprint density at radius 3 is 2.57 bits per heavy atom. The number of rotatable bonds is 5. The van der Waals surface area contributed by atoms with E-state index in [4.69, 9.17) is 16.3 Å². The zero-order chi connectivity index (χ0) is 21.5. The molecule has 0 amide bonds. The van der Waals surface area contributed by atoms with E-state index in [1.54, 1.807) is 17.4 Å². The summed E-state index contributed by atoms with van der Waals surface area (Å²) in [5, 5.41) is 9.15. The Hall–Kier alpha value is -2.89. The molecule has 0 aliphatic rings. The van der Waals surface area contributed by atoms with E-state index < -0.39 is 0 Å². The van der Waals surface area contributed by atoms with Crippen LogP contribution in [0.25, 0.3) is 22.0 Å². The van der Waals surface area contributed by atoms with Gasteiger partial charge in [0, 0.05) is 21.7 Å². The molecule has 0 spiro atoms. The van der Waals surface area contributed by atoms with Crippen LogP contribution in [0.2, 0.25) is 5.02 Å². The molecular weight excluding hydrogens is 416 g/mol. The topological polar surface area (TPSA) is 51.2 Å². The maximum Gasteiger partial charge on any atom is 0.337 e. The van der Waals surface area contributed by atoms with Gasteiger partial charge in [-0.2, -0.15) is 0 Å². The van der Waals surface area contributed by atoms with Gasteiger partial charge in [0.05, 0.1) is 24.9 Å². The predicted octanol–water partition coefficient (Wildman–Crippen LogP) is 7.04. The Labute approximate surface area is 185 Å². The van der Waals surface area contributed by atoms with Crippen molar-refractivity contribution in [3.05, 3.63) is 81.6 Å². The molecule has 0 fully saturated rings. The van der Waals surface area contributed by atoms with Crippen LogP contribution in [0.5, 0.6) is 0 Å². The van der Waals surface area contributed by atoms with E-state index in [0.29, 0.717) is 17.1 Å². The summed E-state index contributed by atoms with van der Waals surface area (Å²) in [5.41, 5.74) is 3.37. The molecule has 0 aliphatic carbocycles. The highest BCUT2D eigenvalue weighted by Crippen LogP contribution is 2.29. The quantitative estimate of drug-likeness (QED) is 0.339. The number of fused-ring (bicyclic) bond motifs is 1. The summed E-state index contributed by atoms with van der Waals surface area (Å²) in [5.74, 6) is -0.331. The van der Waals surface area contributed by atoms with E-state index in [2.05, 4.69) is 16.4 Å². The van der Waals surface area contributed by atoms with Gasteiger partial charge in [-0.1, -0.05) is 55.8 Å². The zero-order valence-electron chi connectivity index (χ0n) is 17.1. The summed E-state index contributed by atoms with van der Waals surface area (Å²) in [6.07, 6.45) is 0. The third kappa shape index (κ3) is 4.99. The van der Waals surface area contributed by atoms with Gasteiger partial charge in [0.1, 0.15) is 5.01 Å². The van der Waals surface area contributed by atoms with E-state index in [1.807, 2.05) is 67.8 Å². The smallest absolute Gasteiger partial charge is 0.337 e. The van der Waals surface area contributed by atoms with Gasteiger partial charge in [-0.05, 0) is 41.1 Å². The number of nitrogens with zero attached hydrogens (tertiary/aromatic N) is 1. The van der Waals surface area contributed by atoms with Gasteiger partial charge in [0.25, 0.3) is 0 Å². The average Bonchev–Trinajstić information content (AvgIpc) is 3.27. The third-order valence-corrected chi connectivity index (χ3v) is 5.59. The van der Waals surface area contributed by atoms with Crippen LogP contribution in [0.15, 0.2) is 66.0 Å². The first-order valence-corrected chi connectivity index (χ1v) is 10.9. The Bertz CT molecular complexity index is 1160. The summed E-state index contributed by atoms with van der Waals surface area (Å²) < 4.78 is 4.77. The van der Waals surface area contributed by atoms with Gasteiger partial charge < -0.3 is 10.1 Å². The van der Waals surface area contributed by atoms with Gasteiger partial charge in [0.15, 0.2) is 0 Å². The standard InChI is InChI=1S/C22H17ClN2O2S.C2H6/c1-27-22(26)16-7-6-15-11-17(9-8-14(15)10-16)24-12-21-25-20(13-28-21)18-4-2-3-5-19(18)23;1-2/h2-11,13,24H,12H2,1H3;1-2H3. The van der Waals surface area contributed by atoms with E-state index in [1.165, 1.54) is 7.11 Å². The number of aromatic nitrogens is 1. The van der Waals surface area contributed by atoms with Crippen LogP contribution in [-0.4, -0.2) is 18.1 Å². The Morgan fingerprint density at radius 2 is 1.80 bits per heavy atom. The summed E-state index contributed by atoms with van der Waals surface area (Å²) >= 11 is 7.86. The summed E-state index contributed by atoms with van der Waals surface area (Å²) in [7, 11) is 1.38. The number of anilines is 1. The van der Waals surface area contributed by atoms with Crippen LogP contribution < -0.4 is 5.32 Å². The highest BCUT2D eigenvalue weighted by Gasteiger charge is 2.09. The van der Waals surface area contributed by atoms with Gasteiger partial charge in [-0.15, -0.1) is 11.3 Å². The molecule has 0 radical (unpaired) electrons. The van der Waals surface area contributed by atoms with Crippen LogP contribution in [0.4, 0.5) is 5.69 Å². The maximum atomic E-state index is 11.7. The minimum atomic E-state index is -0.331. The Morgan fingerprint density at radius 1 is 1.07 bits per heavy atom. The number of esters is 1. The fourth-order valence-electron chi connectivity index (χ4n) is 2.96. The molecule has 1 heterocycles. The van der Waals surface area contributed by atoms with Crippen LogP contribution >= 0.6 is 22.9 Å². The second kappa shape index (κ2) is 10.2. The molecule has 1 aromatic heterocycles. The van der Waals surface area contributed by atoms with Crippen molar-refractivity contribution in [1.82, 2.24) is 4.98 Å². The normalized spacial score (nSPS) is 10.3. The number of carbonyl (C=O) groups excluding carboxylic acids is 1. The van der Waals surface area contributed by atoms with Crippen LogP contribution in [-0.2, 0) is 11.3 Å². The number of ether oxygens (including phenoxy) is 1. The minimum Gasteiger partial charge on any atom is -0.465 e. The predicted molar refractivity (Wildman–Crippen MR) is 127 cm³/mol. The van der Waals surface area contributed by atoms with E-state index in [0.717, 1.165) is 32.7 Å². The lowest BCUT2D eigenvalue weighted by Crippen LogP contribution is -2.01. The molecule has 4 nitrogen and oxygen atoms in total. The zero-order valence-corrected chi connectivity index (χ0v) is 18.7. The fraction of sp³-hybridized carbons (Fsp3) is 0.167. The van der Waals surface area contributed by atoms with Crippen molar-refractivity contribution in [2.75, 3.05) is 12.4 Å². The largest absolute Gasteiger partial charge is 0.465 e. The van der Waals surface area contributed by atoms with Gasteiger partial charge in [-0.25, -0.2) is 9.78 Å². The number of benzene rings is 3. The molecule has 4 rings (SSSR count). The lowest BCUT2D eigenvalue weighted by molar-refractivity contribution is 0.0601. The van der Waals surface area contributed by atoms with Crippen molar-refractivity contribution in [2.24, 2.45) is 0 Å². The summed E-state index contributed by atoms with van der Waals surface area (Å²) in [4.78, 5) is 16.3. The summed E-state index contributed by atoms with van der Waals surface area (Å²) in [6.45, 7) is 4.63. The number of halogens is 1. The molecule has 6 heteroatoms. The highest BCUT2D eigenvalue weighted by molar-refractivity contribution is 7.10. The lowest BCUT2D eigenvalue weighted by Gasteiger charge is -2.07. The second-order valence-corrected chi connectivity index (χ2v) is 7.58. The molecule has 0 saturated carbocycles. The van der Waals surface area contributed by atoms with E-state index in [-0.39, 0.29) is 5.97 Å². The average molecular weight is 439 g/mol. The molecule has 1 N–H and O–H groups in total. The first-order valence-electron chi connectivity index (χ1n) is 9.69. The van der Waals surface area contributed by atoms with E-state index in [9.17, 15) is 4.79 Å². The molecule has 30 heavy (non-hydrogen) atoms. The molecule has 4 aromatic rings. The highest BCUT2D eigenvalue weighted by atomic mass is 35.5. The van der Waals surface area contributed by atoms with Crippen LogP contribution in [0.3, 0.4) is 0 Å². The van der Waals surface area contributed by atoms with Gasteiger partial charge in [-0.3, -0.25) is 0 Å². The van der Waals surface area contributed by atoms with Crippen molar-refractivity contribution < 1.29 is 9.53 Å². The van der Waals surface area contributed by atoms with Crippen molar-refractivity contribution in [2.45, 2.75) is 20.4 Å². The van der Waals surface area contributed by atoms with Gasteiger partial charge in [0.2, 0.25) is 0 Å². The Balaban J connectivity index is 0.00000124. The fourth-order valence-corrected chi connectivity index (χ4v) is 3.93. The number of methoxy groups -OCH3 is 1. The molecule has 0 saturated heterocycles. The third-order valence-electron chi connectivity index (χ3n) is 4.41. The SMILES string of the molecule is CC.COC(=O)c1ccc2cc(NCc3nc(-c4ccccc4Cl)cs3)ccc2c1. The minimum absolute atomic E-state index is 0.331. The molecule has 0 unspecified atom stereocenters. The van der Waals surface area contributed by atoms with Crippen molar-refractivity contribution in [3.8, 4) is 11.3 Å². The number of carbonyl (C=O) groups is 1. The number of hydrogen-bond acceptors (Lipinski definition) is 5. The van der Waals surface area contributed by atoms with Gasteiger partial charge >= 0.3 is 5.97 Å². The van der Waals surface area contributed by atoms with Crippen LogP contribution in [0, 0.1) is 0 Å². The summed E-state index contributed by atoms with van der Waals surface area (Å²) in [6, 6.07) is 19.3. The first-order chi connectivity index (χ1) is 14.6. The molecule has 3 aromatic carbocycles. The molecule has 0 atom stereocenters. The molecular formula is C24H23ClN2O2S. The molecule has 0 bridgehead atoms. The number of nitrogens with one attached hydrogen (secondary N) is 1. The monoisotopic (exact) mass is 438 g/mol. The van der Waals surface area contributed by atoms with Crippen LogP contribution in [0.1, 0.15) is 29.2 Å². The maximum absolute atomic E-state index is 11.7. The van der Waals surface area contributed by atoms with E-state index >= 15 is 0 Å². The number of hydrogen-bond donors (Lipinski definition) is 1. The molecule has 0 aliphatic heterocycles. The van der Waals surface area contributed by atoms with Crippen molar-refractivity contribution >= 4 is 45.4 Å². The lowest BCUT2D eigenvalue weighted by atomic mass is 10.1. The second-order valence-electron chi connectivity index (χ2n) is 6.23. The number of thiazole rings is 1. The first kappa shape index (κ1) is 21.8.